The molecule has 3 heteroatoms. The van der Waals surface area contributed by atoms with E-state index in [0.717, 1.165) is 12.3 Å². The smallest absolute Gasteiger partial charge is 0.123 e. The number of hydrogen-bond donors (Lipinski definition) is 1. The van der Waals surface area contributed by atoms with Crippen LogP contribution < -0.4 is 10.5 Å². The Balaban J connectivity index is 2.25. The van der Waals surface area contributed by atoms with Gasteiger partial charge < -0.3 is 10.5 Å². The minimum absolute atomic E-state index is 0.0660. The van der Waals surface area contributed by atoms with Crippen molar-refractivity contribution in [1.82, 2.24) is 4.90 Å². The molecule has 0 bridgehead atoms. The maximum Gasteiger partial charge on any atom is 0.123 e. The number of benzene rings is 1. The third-order valence-corrected chi connectivity index (χ3v) is 4.26. The molecule has 0 aliphatic carbocycles. The van der Waals surface area contributed by atoms with E-state index in [2.05, 4.69) is 30.9 Å². The fourth-order valence-corrected chi connectivity index (χ4v) is 2.87. The van der Waals surface area contributed by atoms with E-state index in [1.54, 1.807) is 7.11 Å². The molecule has 0 aromatic heterocycles. The van der Waals surface area contributed by atoms with Crippen LogP contribution in [0.2, 0.25) is 0 Å². The Morgan fingerprint density at radius 3 is 2.68 bits per heavy atom. The van der Waals surface area contributed by atoms with E-state index in [0.29, 0.717) is 0 Å². The normalized spacial score (nSPS) is 20.5. The summed E-state index contributed by atoms with van der Waals surface area (Å²) in [6.07, 6.45) is 2.55. The summed E-state index contributed by atoms with van der Waals surface area (Å²) in [5, 5.41) is 0. The topological polar surface area (TPSA) is 38.5 Å². The van der Waals surface area contributed by atoms with Crippen molar-refractivity contribution in [3.63, 3.8) is 0 Å². The summed E-state index contributed by atoms with van der Waals surface area (Å²) in [4.78, 5) is 2.54. The van der Waals surface area contributed by atoms with Gasteiger partial charge in [0.05, 0.1) is 7.11 Å². The van der Waals surface area contributed by atoms with Gasteiger partial charge in [-0.3, -0.25) is 4.90 Å². The number of nitrogens with two attached hydrogens (primary N) is 1. The van der Waals surface area contributed by atoms with E-state index >= 15 is 0 Å². The van der Waals surface area contributed by atoms with Crippen molar-refractivity contribution in [2.24, 2.45) is 5.73 Å². The van der Waals surface area contributed by atoms with Crippen molar-refractivity contribution in [1.29, 1.82) is 0 Å². The average Bonchev–Trinajstić information content (AvgIpc) is 2.68. The van der Waals surface area contributed by atoms with Gasteiger partial charge in [0, 0.05) is 23.7 Å². The van der Waals surface area contributed by atoms with Crippen LogP contribution in [0.1, 0.15) is 50.8 Å². The molecule has 2 N–H and O–H groups in total. The molecule has 0 radical (unpaired) electrons. The molecule has 1 aliphatic rings. The number of methoxy groups -OCH3 is 1. The molecule has 0 spiro atoms. The number of rotatable bonds is 4. The number of ether oxygens (including phenoxy) is 1. The van der Waals surface area contributed by atoms with E-state index in [9.17, 15) is 0 Å². The van der Waals surface area contributed by atoms with Crippen LogP contribution in [0, 0.1) is 0 Å². The summed E-state index contributed by atoms with van der Waals surface area (Å²) < 4.78 is 5.49. The van der Waals surface area contributed by atoms with E-state index < -0.39 is 0 Å². The molecule has 1 saturated heterocycles. The van der Waals surface area contributed by atoms with Crippen molar-refractivity contribution in [2.45, 2.75) is 51.7 Å². The predicted molar refractivity (Wildman–Crippen MR) is 79.3 cm³/mol. The molecule has 19 heavy (non-hydrogen) atoms. The first-order valence-corrected chi connectivity index (χ1v) is 7.11. The van der Waals surface area contributed by atoms with Crippen LogP contribution in [0.25, 0.3) is 0 Å². The predicted octanol–water partition coefficient (Wildman–Crippen LogP) is 3.09. The zero-order valence-corrected chi connectivity index (χ0v) is 12.6. The molecule has 1 atom stereocenters. The third kappa shape index (κ3) is 3.10. The van der Waals surface area contributed by atoms with Crippen LogP contribution >= 0.6 is 0 Å². The molecule has 1 unspecified atom stereocenters. The first-order chi connectivity index (χ1) is 8.94. The Morgan fingerprint density at radius 2 is 2.16 bits per heavy atom. The van der Waals surface area contributed by atoms with Gasteiger partial charge in [0.15, 0.2) is 0 Å². The molecular weight excluding hydrogens is 236 g/mol. The van der Waals surface area contributed by atoms with Crippen molar-refractivity contribution in [2.75, 3.05) is 13.7 Å². The largest absolute Gasteiger partial charge is 0.496 e. The molecule has 2 rings (SSSR count). The van der Waals surface area contributed by atoms with Gasteiger partial charge in [-0.2, -0.15) is 0 Å². The first-order valence-electron chi connectivity index (χ1n) is 7.11. The average molecular weight is 262 g/mol. The monoisotopic (exact) mass is 262 g/mol. The lowest BCUT2D eigenvalue weighted by Gasteiger charge is -2.32. The van der Waals surface area contributed by atoms with Gasteiger partial charge in [-0.25, -0.2) is 0 Å². The molecule has 0 saturated carbocycles. The lowest BCUT2D eigenvalue weighted by Crippen LogP contribution is -2.37. The van der Waals surface area contributed by atoms with E-state index in [1.165, 1.54) is 30.5 Å². The third-order valence-electron chi connectivity index (χ3n) is 4.26. The summed E-state index contributed by atoms with van der Waals surface area (Å²) in [6, 6.07) is 6.35. The van der Waals surface area contributed by atoms with E-state index in [-0.39, 0.29) is 11.6 Å². The fourth-order valence-electron chi connectivity index (χ4n) is 2.87. The second kappa shape index (κ2) is 5.51. The standard InChI is InChI=1S/C16H26N2O/c1-12(17)13-6-7-15(19-4)14(10-13)11-18-9-5-8-16(18,2)3/h6-7,10,12H,5,8-9,11,17H2,1-4H3. The quantitative estimate of drug-likeness (QED) is 0.906. The number of nitrogens with zero attached hydrogens (tertiary/aromatic N) is 1. The molecule has 106 valence electrons. The van der Waals surface area contributed by atoms with Gasteiger partial charge in [-0.05, 0) is 57.9 Å². The van der Waals surface area contributed by atoms with Crippen molar-refractivity contribution in [3.8, 4) is 5.75 Å². The van der Waals surface area contributed by atoms with Crippen LogP contribution in [0.5, 0.6) is 5.75 Å². The second-order valence-corrected chi connectivity index (χ2v) is 6.20. The minimum Gasteiger partial charge on any atom is -0.496 e. The Hall–Kier alpha value is -1.06. The lowest BCUT2D eigenvalue weighted by atomic mass is 10.00. The first kappa shape index (κ1) is 14.4. The van der Waals surface area contributed by atoms with Crippen LogP contribution in [0.15, 0.2) is 18.2 Å². The van der Waals surface area contributed by atoms with Crippen molar-refractivity contribution < 1.29 is 4.74 Å². The summed E-state index contributed by atoms with van der Waals surface area (Å²) in [5.74, 6) is 0.965. The fraction of sp³-hybridized carbons (Fsp3) is 0.625. The highest BCUT2D eigenvalue weighted by Crippen LogP contribution is 2.32. The molecule has 1 aromatic carbocycles. The minimum atomic E-state index is 0.0660. The van der Waals surface area contributed by atoms with Crippen molar-refractivity contribution in [3.05, 3.63) is 29.3 Å². The Morgan fingerprint density at radius 1 is 1.42 bits per heavy atom. The second-order valence-electron chi connectivity index (χ2n) is 6.20. The molecule has 1 heterocycles. The van der Waals surface area contributed by atoms with Gasteiger partial charge in [0.2, 0.25) is 0 Å². The highest BCUT2D eigenvalue weighted by atomic mass is 16.5. The van der Waals surface area contributed by atoms with Crippen LogP contribution in [-0.4, -0.2) is 24.1 Å². The van der Waals surface area contributed by atoms with Gasteiger partial charge in [-0.15, -0.1) is 0 Å². The SMILES string of the molecule is COc1ccc(C(C)N)cc1CN1CCCC1(C)C. The maximum absolute atomic E-state index is 5.98. The molecule has 1 aliphatic heterocycles. The maximum atomic E-state index is 5.98. The molecular formula is C16H26N2O. The molecule has 1 aromatic rings. The van der Waals surface area contributed by atoms with Gasteiger partial charge in [-0.1, -0.05) is 6.07 Å². The Labute approximate surface area is 116 Å². The van der Waals surface area contributed by atoms with E-state index in [4.69, 9.17) is 10.5 Å². The van der Waals surface area contributed by atoms with Crippen LogP contribution in [0.3, 0.4) is 0 Å². The lowest BCUT2D eigenvalue weighted by molar-refractivity contribution is 0.165. The summed E-state index contributed by atoms with van der Waals surface area (Å²) in [5.41, 5.74) is 8.68. The summed E-state index contributed by atoms with van der Waals surface area (Å²) in [6.45, 7) is 8.77. The zero-order chi connectivity index (χ0) is 14.0. The number of likely N-dealkylation sites (tertiary alicyclic amines) is 1. The Kier molecular flexibility index (Phi) is 4.16. The number of hydrogen-bond acceptors (Lipinski definition) is 3. The van der Waals surface area contributed by atoms with Crippen LogP contribution in [0.4, 0.5) is 0 Å². The highest BCUT2D eigenvalue weighted by molar-refractivity contribution is 5.38. The highest BCUT2D eigenvalue weighted by Gasteiger charge is 2.32. The molecule has 0 amide bonds. The van der Waals surface area contributed by atoms with Gasteiger partial charge in [0.25, 0.3) is 0 Å². The molecule has 3 nitrogen and oxygen atoms in total. The zero-order valence-electron chi connectivity index (χ0n) is 12.6. The Bertz CT molecular complexity index is 440. The summed E-state index contributed by atoms with van der Waals surface area (Å²) >= 11 is 0. The van der Waals surface area contributed by atoms with Gasteiger partial charge >= 0.3 is 0 Å². The van der Waals surface area contributed by atoms with Crippen LogP contribution in [-0.2, 0) is 6.54 Å². The molecule has 1 fully saturated rings. The van der Waals surface area contributed by atoms with Crippen molar-refractivity contribution >= 4 is 0 Å². The van der Waals surface area contributed by atoms with E-state index in [1.807, 2.05) is 13.0 Å². The summed E-state index contributed by atoms with van der Waals surface area (Å²) in [7, 11) is 1.74. The van der Waals surface area contributed by atoms with Gasteiger partial charge in [0.1, 0.15) is 5.75 Å².